The molecular formula is C14H14N4O2. The second kappa shape index (κ2) is 4.48. The second-order valence-corrected chi connectivity index (χ2v) is 4.78. The molecule has 0 radical (unpaired) electrons. The van der Waals surface area contributed by atoms with E-state index in [1.54, 1.807) is 6.20 Å². The lowest BCUT2D eigenvalue weighted by Gasteiger charge is -2.26. The Labute approximate surface area is 115 Å². The number of anilines is 1. The molecule has 0 saturated carbocycles. The maximum atomic E-state index is 11.8. The predicted molar refractivity (Wildman–Crippen MR) is 76.2 cm³/mol. The van der Waals surface area contributed by atoms with Crippen LogP contribution in [0.3, 0.4) is 0 Å². The number of pyridine rings is 1. The van der Waals surface area contributed by atoms with Gasteiger partial charge in [-0.1, -0.05) is 6.58 Å². The van der Waals surface area contributed by atoms with Crippen LogP contribution in [-0.4, -0.2) is 28.0 Å². The van der Waals surface area contributed by atoms with E-state index < -0.39 is 6.03 Å². The Balaban J connectivity index is 1.99. The smallest absolute Gasteiger partial charge is 0.306 e. The van der Waals surface area contributed by atoms with Gasteiger partial charge in [0.15, 0.2) is 0 Å². The van der Waals surface area contributed by atoms with Gasteiger partial charge in [0.1, 0.15) is 5.65 Å². The third-order valence-corrected chi connectivity index (χ3v) is 3.29. The highest BCUT2D eigenvalue weighted by Gasteiger charge is 2.24. The molecule has 3 amide bonds. The van der Waals surface area contributed by atoms with Gasteiger partial charge in [-0.2, -0.15) is 0 Å². The Morgan fingerprint density at radius 2 is 2.25 bits per heavy atom. The van der Waals surface area contributed by atoms with Crippen molar-refractivity contribution in [2.24, 2.45) is 0 Å². The first-order valence-electron chi connectivity index (χ1n) is 6.30. The standard InChI is InChI=1S/C14H14N4O2/c1-9(2)17-5-3-10-7-11(8-15-13(10)17)18-6-4-12(19)16-14(18)20/h3,5,7-8H,1,4,6H2,2H3,(H,16,19,20). The number of nitrogens with one attached hydrogen (secondary N) is 1. The van der Waals surface area contributed by atoms with Crippen LogP contribution in [0.25, 0.3) is 16.7 Å². The number of aromatic nitrogens is 2. The lowest BCUT2D eigenvalue weighted by molar-refractivity contribution is -0.120. The lowest BCUT2D eigenvalue weighted by atomic mass is 10.2. The quantitative estimate of drug-likeness (QED) is 0.907. The number of imide groups is 1. The van der Waals surface area contributed by atoms with E-state index >= 15 is 0 Å². The molecule has 2 aromatic heterocycles. The zero-order chi connectivity index (χ0) is 14.3. The van der Waals surface area contributed by atoms with Gasteiger partial charge in [-0.05, 0) is 19.1 Å². The number of rotatable bonds is 2. The summed E-state index contributed by atoms with van der Waals surface area (Å²) in [5, 5.41) is 3.23. The predicted octanol–water partition coefficient (Wildman–Crippen LogP) is 1.97. The molecule has 0 spiro atoms. The van der Waals surface area contributed by atoms with E-state index in [1.165, 1.54) is 4.90 Å². The maximum Gasteiger partial charge on any atom is 0.328 e. The molecule has 6 nitrogen and oxygen atoms in total. The zero-order valence-electron chi connectivity index (χ0n) is 11.1. The van der Waals surface area contributed by atoms with E-state index in [2.05, 4.69) is 16.9 Å². The Bertz CT molecular complexity index is 732. The Morgan fingerprint density at radius 3 is 2.95 bits per heavy atom. The van der Waals surface area contributed by atoms with Gasteiger partial charge in [0, 0.05) is 30.2 Å². The van der Waals surface area contributed by atoms with Crippen molar-refractivity contribution >= 4 is 34.4 Å². The van der Waals surface area contributed by atoms with Crippen molar-refractivity contribution in [2.75, 3.05) is 11.4 Å². The highest BCUT2D eigenvalue weighted by molar-refractivity contribution is 6.06. The van der Waals surface area contributed by atoms with Crippen LogP contribution in [-0.2, 0) is 4.79 Å². The van der Waals surface area contributed by atoms with Crippen LogP contribution < -0.4 is 10.2 Å². The summed E-state index contributed by atoms with van der Waals surface area (Å²) in [5.41, 5.74) is 2.36. The van der Waals surface area contributed by atoms with E-state index in [-0.39, 0.29) is 5.91 Å². The summed E-state index contributed by atoms with van der Waals surface area (Å²) in [6, 6.07) is 3.41. The van der Waals surface area contributed by atoms with Gasteiger partial charge in [0.25, 0.3) is 0 Å². The van der Waals surface area contributed by atoms with Crippen molar-refractivity contribution in [3.05, 3.63) is 31.1 Å². The molecule has 0 atom stereocenters. The summed E-state index contributed by atoms with van der Waals surface area (Å²) in [5.74, 6) is -0.242. The fourth-order valence-electron chi connectivity index (χ4n) is 2.28. The molecule has 0 bridgehead atoms. The zero-order valence-corrected chi connectivity index (χ0v) is 11.1. The monoisotopic (exact) mass is 270 g/mol. The summed E-state index contributed by atoms with van der Waals surface area (Å²) in [4.78, 5) is 28.9. The third-order valence-electron chi connectivity index (χ3n) is 3.29. The Hall–Kier alpha value is -2.63. The lowest BCUT2D eigenvalue weighted by Crippen LogP contribution is -2.49. The molecule has 0 unspecified atom stereocenters. The minimum atomic E-state index is -0.401. The van der Waals surface area contributed by atoms with E-state index in [4.69, 9.17) is 0 Å². The van der Waals surface area contributed by atoms with Crippen LogP contribution in [0, 0.1) is 0 Å². The summed E-state index contributed by atoms with van der Waals surface area (Å²) >= 11 is 0. The molecule has 6 heteroatoms. The van der Waals surface area contributed by atoms with Crippen molar-refractivity contribution in [3.8, 4) is 0 Å². The van der Waals surface area contributed by atoms with Crippen molar-refractivity contribution < 1.29 is 9.59 Å². The molecule has 0 aromatic carbocycles. The molecule has 20 heavy (non-hydrogen) atoms. The SMILES string of the molecule is C=C(C)n1ccc2cc(N3CCC(=O)NC3=O)cnc21. The minimum Gasteiger partial charge on any atom is -0.306 e. The molecule has 3 heterocycles. The number of amides is 3. The largest absolute Gasteiger partial charge is 0.328 e. The minimum absolute atomic E-state index is 0.242. The summed E-state index contributed by atoms with van der Waals surface area (Å²) in [6.07, 6.45) is 3.83. The van der Waals surface area contributed by atoms with Gasteiger partial charge < -0.3 is 4.57 Å². The van der Waals surface area contributed by atoms with Crippen molar-refractivity contribution in [1.29, 1.82) is 0 Å². The van der Waals surface area contributed by atoms with Gasteiger partial charge >= 0.3 is 6.03 Å². The Morgan fingerprint density at radius 1 is 1.45 bits per heavy atom. The maximum absolute atomic E-state index is 11.8. The summed E-state index contributed by atoms with van der Waals surface area (Å²) in [6.45, 7) is 6.17. The number of carbonyl (C=O) groups is 2. The normalized spacial score (nSPS) is 15.6. The summed E-state index contributed by atoms with van der Waals surface area (Å²) < 4.78 is 1.89. The second-order valence-electron chi connectivity index (χ2n) is 4.78. The molecule has 0 aliphatic carbocycles. The van der Waals surface area contributed by atoms with Crippen LogP contribution in [0.1, 0.15) is 13.3 Å². The fourth-order valence-corrected chi connectivity index (χ4v) is 2.28. The number of allylic oxidation sites excluding steroid dienone is 1. The molecule has 102 valence electrons. The first-order chi connectivity index (χ1) is 9.56. The average Bonchev–Trinajstić information content (AvgIpc) is 2.81. The number of urea groups is 1. The van der Waals surface area contributed by atoms with Crippen LogP contribution in [0.2, 0.25) is 0 Å². The van der Waals surface area contributed by atoms with Gasteiger partial charge in [0.05, 0.1) is 11.9 Å². The first kappa shape index (κ1) is 12.4. The highest BCUT2D eigenvalue weighted by Crippen LogP contribution is 2.23. The van der Waals surface area contributed by atoms with Gasteiger partial charge in [-0.3, -0.25) is 15.0 Å². The summed E-state index contributed by atoms with van der Waals surface area (Å²) in [7, 11) is 0. The molecule has 3 rings (SSSR count). The average molecular weight is 270 g/mol. The molecule has 1 fully saturated rings. The number of fused-ring (bicyclic) bond motifs is 1. The highest BCUT2D eigenvalue weighted by atomic mass is 16.2. The molecule has 1 N–H and O–H groups in total. The van der Waals surface area contributed by atoms with Gasteiger partial charge in [-0.15, -0.1) is 0 Å². The Kier molecular flexibility index (Phi) is 2.78. The van der Waals surface area contributed by atoms with E-state index in [9.17, 15) is 9.59 Å². The number of carbonyl (C=O) groups excluding carboxylic acids is 2. The molecular weight excluding hydrogens is 256 g/mol. The molecule has 1 saturated heterocycles. The first-order valence-corrected chi connectivity index (χ1v) is 6.30. The van der Waals surface area contributed by atoms with Crippen LogP contribution in [0.5, 0.6) is 0 Å². The number of hydrogen-bond acceptors (Lipinski definition) is 3. The van der Waals surface area contributed by atoms with E-state index in [0.717, 1.165) is 16.7 Å². The van der Waals surface area contributed by atoms with Crippen LogP contribution >= 0.6 is 0 Å². The third kappa shape index (κ3) is 1.95. The molecule has 1 aliphatic heterocycles. The molecule has 2 aromatic rings. The fraction of sp³-hybridized carbons (Fsp3) is 0.214. The number of hydrogen-bond donors (Lipinski definition) is 1. The number of nitrogens with zero attached hydrogens (tertiary/aromatic N) is 3. The molecule has 1 aliphatic rings. The van der Waals surface area contributed by atoms with Crippen LogP contribution in [0.4, 0.5) is 10.5 Å². The van der Waals surface area contributed by atoms with Gasteiger partial charge in [-0.25, -0.2) is 9.78 Å². The van der Waals surface area contributed by atoms with Gasteiger partial charge in [0.2, 0.25) is 5.91 Å². The van der Waals surface area contributed by atoms with E-state index in [0.29, 0.717) is 18.7 Å². The van der Waals surface area contributed by atoms with E-state index in [1.807, 2.05) is 29.8 Å². The van der Waals surface area contributed by atoms with Crippen LogP contribution in [0.15, 0.2) is 31.1 Å². The topological polar surface area (TPSA) is 67.2 Å². The van der Waals surface area contributed by atoms with Crippen molar-refractivity contribution in [1.82, 2.24) is 14.9 Å². The van der Waals surface area contributed by atoms with Crippen molar-refractivity contribution in [3.63, 3.8) is 0 Å². The van der Waals surface area contributed by atoms with Crippen molar-refractivity contribution in [2.45, 2.75) is 13.3 Å².